The molecule has 0 amide bonds. The Balaban J connectivity index is 2.24. The van der Waals surface area contributed by atoms with Crippen molar-refractivity contribution in [2.45, 2.75) is 44.0 Å². The summed E-state index contributed by atoms with van der Waals surface area (Å²) in [7, 11) is 1.76. The third kappa shape index (κ3) is 3.00. The molecule has 1 fully saturated rings. The minimum Gasteiger partial charge on any atom is -0.397 e. The Hall–Kier alpha value is -1.43. The molecular weight excluding hydrogens is 269 g/mol. The number of nitrogens with zero attached hydrogens (tertiary/aromatic N) is 1. The molecule has 112 valence electrons. The molecule has 0 heterocycles. The average molecular weight is 288 g/mol. The fourth-order valence-electron chi connectivity index (χ4n) is 2.77. The van der Waals surface area contributed by atoms with Gasteiger partial charge in [-0.25, -0.2) is 0 Å². The molecule has 20 heavy (non-hydrogen) atoms. The van der Waals surface area contributed by atoms with E-state index in [1.54, 1.807) is 11.9 Å². The molecule has 0 aliphatic heterocycles. The Kier molecular flexibility index (Phi) is 4.13. The molecule has 0 saturated heterocycles. The molecule has 1 saturated carbocycles. The number of aliphatic hydroxyl groups is 1. The van der Waals surface area contributed by atoms with Gasteiger partial charge >= 0.3 is 6.18 Å². The molecule has 2 atom stereocenters. The molecule has 0 spiro atoms. The maximum absolute atomic E-state index is 12.6. The first-order valence-corrected chi connectivity index (χ1v) is 6.68. The Bertz CT molecular complexity index is 476. The summed E-state index contributed by atoms with van der Waals surface area (Å²) in [6, 6.07) is 3.25. The van der Waals surface area contributed by atoms with Gasteiger partial charge in [0.1, 0.15) is 0 Å². The molecule has 0 radical (unpaired) electrons. The molecule has 2 unspecified atom stereocenters. The molecule has 6 heteroatoms. The molecular formula is C14H19F3N2O. The van der Waals surface area contributed by atoms with E-state index >= 15 is 0 Å². The Morgan fingerprint density at radius 2 is 1.90 bits per heavy atom. The van der Waals surface area contributed by atoms with E-state index in [-0.39, 0.29) is 11.7 Å². The quantitative estimate of drug-likeness (QED) is 0.822. The summed E-state index contributed by atoms with van der Waals surface area (Å²) in [5.74, 6) is 0. The second-order valence-corrected chi connectivity index (χ2v) is 5.30. The fraction of sp³-hybridized carbons (Fsp3) is 0.571. The van der Waals surface area contributed by atoms with Gasteiger partial charge in [-0.15, -0.1) is 0 Å². The first-order chi connectivity index (χ1) is 9.30. The number of rotatable bonds is 2. The number of aliphatic hydroxyl groups excluding tert-OH is 1. The molecule has 0 bridgehead atoms. The van der Waals surface area contributed by atoms with Crippen molar-refractivity contribution in [3.63, 3.8) is 0 Å². The molecule has 1 aromatic rings. The average Bonchev–Trinajstić information content (AvgIpc) is 2.37. The highest BCUT2D eigenvalue weighted by atomic mass is 19.4. The number of alkyl halides is 3. The number of benzene rings is 1. The van der Waals surface area contributed by atoms with Crippen LogP contribution in [0.2, 0.25) is 0 Å². The monoisotopic (exact) mass is 288 g/mol. The van der Waals surface area contributed by atoms with Gasteiger partial charge in [-0.3, -0.25) is 0 Å². The minimum atomic E-state index is -4.39. The number of hydrogen-bond acceptors (Lipinski definition) is 3. The zero-order valence-corrected chi connectivity index (χ0v) is 11.3. The largest absolute Gasteiger partial charge is 0.416 e. The minimum absolute atomic E-state index is 0.0834. The van der Waals surface area contributed by atoms with Gasteiger partial charge in [0.2, 0.25) is 0 Å². The first-order valence-electron chi connectivity index (χ1n) is 6.68. The van der Waals surface area contributed by atoms with E-state index in [9.17, 15) is 18.3 Å². The Morgan fingerprint density at radius 1 is 1.25 bits per heavy atom. The number of anilines is 2. The topological polar surface area (TPSA) is 49.5 Å². The zero-order valence-electron chi connectivity index (χ0n) is 11.3. The van der Waals surface area contributed by atoms with Crippen LogP contribution in [-0.4, -0.2) is 24.3 Å². The maximum atomic E-state index is 12.6. The molecule has 3 N–H and O–H groups in total. The van der Waals surface area contributed by atoms with Gasteiger partial charge < -0.3 is 15.7 Å². The van der Waals surface area contributed by atoms with Crippen molar-refractivity contribution in [2.24, 2.45) is 0 Å². The third-order valence-electron chi connectivity index (χ3n) is 3.93. The molecule has 1 aliphatic carbocycles. The van der Waals surface area contributed by atoms with Crippen LogP contribution in [0.5, 0.6) is 0 Å². The van der Waals surface area contributed by atoms with Crippen molar-refractivity contribution in [3.8, 4) is 0 Å². The van der Waals surface area contributed by atoms with Gasteiger partial charge in [0, 0.05) is 7.05 Å². The smallest absolute Gasteiger partial charge is 0.397 e. The Labute approximate surface area is 116 Å². The summed E-state index contributed by atoms with van der Waals surface area (Å²) in [4.78, 5) is 1.79. The van der Waals surface area contributed by atoms with E-state index in [1.165, 1.54) is 6.07 Å². The summed E-state index contributed by atoms with van der Waals surface area (Å²) in [5.41, 5.74) is 5.61. The lowest BCUT2D eigenvalue weighted by Gasteiger charge is -2.37. The van der Waals surface area contributed by atoms with E-state index in [0.717, 1.165) is 37.8 Å². The molecule has 2 rings (SSSR count). The summed E-state index contributed by atoms with van der Waals surface area (Å²) < 4.78 is 37.8. The van der Waals surface area contributed by atoms with E-state index in [4.69, 9.17) is 5.73 Å². The number of likely N-dealkylation sites (N-methyl/N-ethyl adjacent to an activating group) is 1. The number of nitrogens with two attached hydrogens (primary N) is 1. The maximum Gasteiger partial charge on any atom is 0.416 e. The molecule has 1 aromatic carbocycles. The van der Waals surface area contributed by atoms with Gasteiger partial charge in [0.15, 0.2) is 0 Å². The molecule has 0 aromatic heterocycles. The van der Waals surface area contributed by atoms with Crippen molar-refractivity contribution in [2.75, 3.05) is 17.7 Å². The van der Waals surface area contributed by atoms with Crippen LogP contribution < -0.4 is 10.6 Å². The lowest BCUT2D eigenvalue weighted by atomic mass is 9.91. The lowest BCUT2D eigenvalue weighted by molar-refractivity contribution is -0.137. The van der Waals surface area contributed by atoms with Crippen molar-refractivity contribution in [1.29, 1.82) is 0 Å². The molecule has 1 aliphatic rings. The number of nitrogen functional groups attached to an aromatic ring is 1. The second kappa shape index (κ2) is 5.52. The van der Waals surface area contributed by atoms with Crippen LogP contribution in [0.15, 0.2) is 18.2 Å². The predicted molar refractivity (Wildman–Crippen MR) is 72.5 cm³/mol. The summed E-state index contributed by atoms with van der Waals surface area (Å²) in [6.45, 7) is 0. The standard InChI is InChI=1S/C14H19F3N2O/c1-19(12-4-2-3-5-13(12)20)11-7-6-9(8-10(11)18)14(15,16)17/h6-8,12-13,20H,2-5,18H2,1H3. The summed E-state index contributed by atoms with van der Waals surface area (Å²) in [5, 5.41) is 10.0. The molecule has 3 nitrogen and oxygen atoms in total. The zero-order chi connectivity index (χ0) is 14.9. The van der Waals surface area contributed by atoms with E-state index < -0.39 is 17.8 Å². The van der Waals surface area contributed by atoms with Crippen molar-refractivity contribution < 1.29 is 18.3 Å². The van der Waals surface area contributed by atoms with Crippen molar-refractivity contribution in [3.05, 3.63) is 23.8 Å². The van der Waals surface area contributed by atoms with E-state index in [2.05, 4.69) is 0 Å². The van der Waals surface area contributed by atoms with Crippen LogP contribution in [-0.2, 0) is 6.18 Å². The predicted octanol–water partition coefficient (Wildman–Crippen LogP) is 3.03. The van der Waals surface area contributed by atoms with E-state index in [1.807, 2.05) is 0 Å². The first kappa shape index (κ1) is 15.0. The Morgan fingerprint density at radius 3 is 2.45 bits per heavy atom. The van der Waals surface area contributed by atoms with Crippen LogP contribution in [0.4, 0.5) is 24.5 Å². The highest BCUT2D eigenvalue weighted by molar-refractivity contribution is 5.69. The summed E-state index contributed by atoms with van der Waals surface area (Å²) in [6.07, 6.45) is -1.33. The highest BCUT2D eigenvalue weighted by Gasteiger charge is 2.32. The van der Waals surface area contributed by atoms with Gasteiger partial charge in [-0.1, -0.05) is 12.8 Å². The number of hydrogen-bond donors (Lipinski definition) is 2. The van der Waals surface area contributed by atoms with Gasteiger partial charge in [0.25, 0.3) is 0 Å². The third-order valence-corrected chi connectivity index (χ3v) is 3.93. The van der Waals surface area contributed by atoms with Gasteiger partial charge in [-0.2, -0.15) is 13.2 Å². The SMILES string of the molecule is CN(c1ccc(C(F)(F)F)cc1N)C1CCCCC1O. The fourth-order valence-corrected chi connectivity index (χ4v) is 2.77. The normalized spacial score (nSPS) is 23.6. The number of halogens is 3. The summed E-state index contributed by atoms with van der Waals surface area (Å²) >= 11 is 0. The highest BCUT2D eigenvalue weighted by Crippen LogP contribution is 2.35. The van der Waals surface area contributed by atoms with Crippen LogP contribution in [0.25, 0.3) is 0 Å². The van der Waals surface area contributed by atoms with Gasteiger partial charge in [0.05, 0.1) is 29.1 Å². The van der Waals surface area contributed by atoms with Gasteiger partial charge in [-0.05, 0) is 31.0 Å². The lowest BCUT2D eigenvalue weighted by Crippen LogP contribution is -2.43. The van der Waals surface area contributed by atoms with Crippen molar-refractivity contribution >= 4 is 11.4 Å². The van der Waals surface area contributed by atoms with Crippen LogP contribution in [0.3, 0.4) is 0 Å². The van der Waals surface area contributed by atoms with Crippen LogP contribution in [0.1, 0.15) is 31.2 Å². The van der Waals surface area contributed by atoms with Crippen LogP contribution >= 0.6 is 0 Å². The van der Waals surface area contributed by atoms with Crippen molar-refractivity contribution in [1.82, 2.24) is 0 Å². The van der Waals surface area contributed by atoms with E-state index in [0.29, 0.717) is 5.69 Å². The van der Waals surface area contributed by atoms with Crippen LogP contribution in [0, 0.1) is 0 Å². The second-order valence-electron chi connectivity index (χ2n) is 5.30.